The summed E-state index contributed by atoms with van der Waals surface area (Å²) in [5.74, 6) is -0.363. The van der Waals surface area contributed by atoms with Gasteiger partial charge in [0.1, 0.15) is 18.4 Å². The number of nitrogens with zero attached hydrogens (tertiary/aromatic N) is 1. The van der Waals surface area contributed by atoms with Crippen LogP contribution in [0.15, 0.2) is 34.9 Å². The van der Waals surface area contributed by atoms with Gasteiger partial charge < -0.3 is 9.15 Å². The first-order valence-corrected chi connectivity index (χ1v) is 5.59. The van der Waals surface area contributed by atoms with Gasteiger partial charge in [0.25, 0.3) is 0 Å². The van der Waals surface area contributed by atoms with Gasteiger partial charge in [0.05, 0.1) is 12.7 Å². The Balaban J connectivity index is 2.18. The number of rotatable bonds is 3. The van der Waals surface area contributed by atoms with Gasteiger partial charge in [-0.1, -0.05) is 12.1 Å². The van der Waals surface area contributed by atoms with Crippen LogP contribution in [-0.2, 0) is 22.1 Å². The standard InChI is InChI=1S/C13H10F3NO3/c1-19-12(18)6-11-17-10(7-20-11)8-2-4-9(5-3-8)13(14,15)16/h2-5,7H,6H2,1H3. The third-order valence-electron chi connectivity index (χ3n) is 2.58. The van der Waals surface area contributed by atoms with Crippen molar-refractivity contribution in [3.8, 4) is 11.3 Å². The molecule has 0 saturated carbocycles. The minimum atomic E-state index is -4.38. The third-order valence-corrected chi connectivity index (χ3v) is 2.58. The summed E-state index contributed by atoms with van der Waals surface area (Å²) < 4.78 is 46.8. The van der Waals surface area contributed by atoms with Crippen LogP contribution in [0.25, 0.3) is 11.3 Å². The highest BCUT2D eigenvalue weighted by atomic mass is 19.4. The molecule has 1 heterocycles. The summed E-state index contributed by atoms with van der Waals surface area (Å²) in [6, 6.07) is 4.51. The van der Waals surface area contributed by atoms with Gasteiger partial charge in [-0.05, 0) is 12.1 Å². The number of halogens is 3. The fraction of sp³-hybridized carbons (Fsp3) is 0.231. The van der Waals surface area contributed by atoms with Gasteiger partial charge in [0.2, 0.25) is 5.89 Å². The van der Waals surface area contributed by atoms with E-state index in [2.05, 4.69) is 9.72 Å². The number of methoxy groups -OCH3 is 1. The molecular weight excluding hydrogens is 275 g/mol. The fourth-order valence-corrected chi connectivity index (χ4v) is 1.55. The van der Waals surface area contributed by atoms with Crippen molar-refractivity contribution in [2.75, 3.05) is 7.11 Å². The summed E-state index contributed by atoms with van der Waals surface area (Å²) in [6.45, 7) is 0. The second kappa shape index (κ2) is 5.36. The molecule has 0 bridgehead atoms. The van der Waals surface area contributed by atoms with Gasteiger partial charge in [0, 0.05) is 5.56 Å². The topological polar surface area (TPSA) is 52.3 Å². The molecule has 0 atom stereocenters. The lowest BCUT2D eigenvalue weighted by atomic mass is 10.1. The van der Waals surface area contributed by atoms with Crippen LogP contribution >= 0.6 is 0 Å². The normalized spacial score (nSPS) is 11.4. The van der Waals surface area contributed by atoms with E-state index in [1.165, 1.54) is 25.5 Å². The van der Waals surface area contributed by atoms with Crippen LogP contribution in [0, 0.1) is 0 Å². The summed E-state index contributed by atoms with van der Waals surface area (Å²) in [5.41, 5.74) is 0.0926. The summed E-state index contributed by atoms with van der Waals surface area (Å²) >= 11 is 0. The highest BCUT2D eigenvalue weighted by Crippen LogP contribution is 2.30. The molecule has 0 spiro atoms. The maximum absolute atomic E-state index is 12.4. The van der Waals surface area contributed by atoms with Crippen molar-refractivity contribution in [1.29, 1.82) is 0 Å². The van der Waals surface area contributed by atoms with E-state index < -0.39 is 17.7 Å². The largest absolute Gasteiger partial charge is 0.469 e. The molecular formula is C13H10F3NO3. The maximum Gasteiger partial charge on any atom is 0.416 e. The van der Waals surface area contributed by atoms with Gasteiger partial charge in [-0.15, -0.1) is 0 Å². The monoisotopic (exact) mass is 285 g/mol. The van der Waals surface area contributed by atoms with Crippen molar-refractivity contribution in [3.05, 3.63) is 42.0 Å². The zero-order valence-electron chi connectivity index (χ0n) is 10.4. The molecule has 7 heteroatoms. The van der Waals surface area contributed by atoms with Crippen LogP contribution in [0.1, 0.15) is 11.5 Å². The third kappa shape index (κ3) is 3.17. The molecule has 1 aromatic carbocycles. The number of ether oxygens (including phenoxy) is 1. The second-order valence-corrected chi connectivity index (χ2v) is 3.95. The van der Waals surface area contributed by atoms with E-state index in [4.69, 9.17) is 4.42 Å². The summed E-state index contributed by atoms with van der Waals surface area (Å²) in [7, 11) is 1.24. The average Bonchev–Trinajstić information content (AvgIpc) is 2.86. The van der Waals surface area contributed by atoms with Crippen molar-refractivity contribution >= 4 is 5.97 Å². The van der Waals surface area contributed by atoms with Crippen LogP contribution in [0.2, 0.25) is 0 Å². The Hall–Kier alpha value is -2.31. The number of hydrogen-bond donors (Lipinski definition) is 0. The average molecular weight is 285 g/mol. The molecule has 0 amide bonds. The second-order valence-electron chi connectivity index (χ2n) is 3.95. The number of carbonyl (C=O) groups excluding carboxylic acids is 1. The van der Waals surface area contributed by atoms with Crippen LogP contribution in [0.3, 0.4) is 0 Å². The van der Waals surface area contributed by atoms with Crippen molar-refractivity contribution < 1.29 is 27.1 Å². The molecule has 1 aromatic heterocycles. The van der Waals surface area contributed by atoms with Gasteiger partial charge in [-0.3, -0.25) is 4.79 Å². The van der Waals surface area contributed by atoms with E-state index in [0.717, 1.165) is 12.1 Å². The van der Waals surface area contributed by atoms with E-state index in [-0.39, 0.29) is 12.3 Å². The summed E-state index contributed by atoms with van der Waals surface area (Å²) in [6.07, 6.45) is -3.23. The van der Waals surface area contributed by atoms with Crippen molar-refractivity contribution in [3.63, 3.8) is 0 Å². The first kappa shape index (κ1) is 14.1. The Morgan fingerprint density at radius 2 is 1.95 bits per heavy atom. The number of hydrogen-bond acceptors (Lipinski definition) is 4. The molecule has 0 aliphatic carbocycles. The van der Waals surface area contributed by atoms with Gasteiger partial charge in [0.15, 0.2) is 0 Å². The van der Waals surface area contributed by atoms with E-state index in [9.17, 15) is 18.0 Å². The van der Waals surface area contributed by atoms with Crippen LogP contribution in [-0.4, -0.2) is 18.1 Å². The minimum Gasteiger partial charge on any atom is -0.469 e. The first-order valence-electron chi connectivity index (χ1n) is 5.59. The number of benzene rings is 1. The molecule has 4 nitrogen and oxygen atoms in total. The van der Waals surface area contributed by atoms with E-state index in [1.54, 1.807) is 0 Å². The highest BCUT2D eigenvalue weighted by molar-refractivity contribution is 5.71. The molecule has 0 N–H and O–H groups in total. The molecule has 0 unspecified atom stereocenters. The van der Waals surface area contributed by atoms with E-state index in [0.29, 0.717) is 11.3 Å². The van der Waals surface area contributed by atoms with Gasteiger partial charge in [-0.25, -0.2) is 4.98 Å². The van der Waals surface area contributed by atoms with Crippen molar-refractivity contribution in [1.82, 2.24) is 4.98 Å². The lowest BCUT2D eigenvalue weighted by Crippen LogP contribution is -2.04. The van der Waals surface area contributed by atoms with E-state index >= 15 is 0 Å². The molecule has 0 aliphatic heterocycles. The van der Waals surface area contributed by atoms with Gasteiger partial charge >= 0.3 is 12.1 Å². The smallest absolute Gasteiger partial charge is 0.416 e. The Bertz CT molecular complexity index is 602. The molecule has 0 radical (unpaired) electrons. The SMILES string of the molecule is COC(=O)Cc1nc(-c2ccc(C(F)(F)F)cc2)co1. The lowest BCUT2D eigenvalue weighted by Gasteiger charge is -2.06. The summed E-state index contributed by atoms with van der Waals surface area (Å²) in [5, 5.41) is 0. The molecule has 20 heavy (non-hydrogen) atoms. The Morgan fingerprint density at radius 3 is 2.50 bits per heavy atom. The zero-order valence-corrected chi connectivity index (χ0v) is 10.4. The summed E-state index contributed by atoms with van der Waals surface area (Å²) in [4.78, 5) is 15.0. The number of alkyl halides is 3. The maximum atomic E-state index is 12.4. The molecule has 106 valence electrons. The van der Waals surface area contributed by atoms with Crippen LogP contribution < -0.4 is 0 Å². The lowest BCUT2D eigenvalue weighted by molar-refractivity contribution is -0.140. The first-order chi connectivity index (χ1) is 9.40. The number of esters is 1. The molecule has 0 saturated heterocycles. The predicted octanol–water partition coefficient (Wildman–Crippen LogP) is 3.08. The molecule has 2 rings (SSSR count). The van der Waals surface area contributed by atoms with Gasteiger partial charge in [-0.2, -0.15) is 13.2 Å². The van der Waals surface area contributed by atoms with Crippen LogP contribution in [0.5, 0.6) is 0 Å². The zero-order chi connectivity index (χ0) is 14.8. The fourth-order valence-electron chi connectivity index (χ4n) is 1.55. The highest BCUT2D eigenvalue weighted by Gasteiger charge is 2.30. The van der Waals surface area contributed by atoms with Crippen molar-refractivity contribution in [2.45, 2.75) is 12.6 Å². The quantitative estimate of drug-likeness (QED) is 0.813. The molecule has 2 aromatic rings. The Morgan fingerprint density at radius 1 is 1.30 bits per heavy atom. The minimum absolute atomic E-state index is 0.128. The Kier molecular flexibility index (Phi) is 3.78. The number of carbonyl (C=O) groups is 1. The number of aromatic nitrogens is 1. The Labute approximate surface area is 112 Å². The predicted molar refractivity (Wildman–Crippen MR) is 62.7 cm³/mol. The molecule has 0 fully saturated rings. The van der Waals surface area contributed by atoms with E-state index in [1.807, 2.05) is 0 Å². The molecule has 0 aliphatic rings. The number of oxazole rings is 1. The van der Waals surface area contributed by atoms with Crippen LogP contribution in [0.4, 0.5) is 13.2 Å². The van der Waals surface area contributed by atoms with Crippen molar-refractivity contribution in [2.24, 2.45) is 0 Å².